The Morgan fingerprint density at radius 2 is 1.11 bits per heavy atom. The van der Waals surface area contributed by atoms with Crippen molar-refractivity contribution in [2.45, 2.75) is 15.2 Å². The van der Waals surface area contributed by atoms with Gasteiger partial charge >= 0.3 is 0 Å². The van der Waals surface area contributed by atoms with Gasteiger partial charge in [0.1, 0.15) is 0 Å². The molecule has 1 spiro atoms. The molecule has 0 saturated heterocycles. The first-order valence-corrected chi connectivity index (χ1v) is 21.5. The molecule has 4 heteroatoms. The molecule has 282 valence electrons. The van der Waals surface area contributed by atoms with E-state index in [1.54, 1.807) is 0 Å². The highest BCUT2D eigenvalue weighted by Gasteiger charge is 2.50. The molecule has 11 aromatic rings. The third kappa shape index (κ3) is 4.78. The predicted molar refractivity (Wildman–Crippen MR) is 251 cm³/mol. The summed E-state index contributed by atoms with van der Waals surface area (Å²) in [4.78, 5) is 8.07. The summed E-state index contributed by atoms with van der Waals surface area (Å²) in [5.41, 5.74) is 16.7. The van der Waals surface area contributed by atoms with E-state index in [9.17, 15) is 5.26 Å². The van der Waals surface area contributed by atoms with Crippen LogP contribution in [-0.4, -0.2) is 9.55 Å². The van der Waals surface area contributed by atoms with Crippen molar-refractivity contribution in [3.63, 3.8) is 0 Å². The highest BCUT2D eigenvalue weighted by atomic mass is 32.2. The van der Waals surface area contributed by atoms with Gasteiger partial charge in [0.2, 0.25) is 0 Å². The van der Waals surface area contributed by atoms with Crippen LogP contribution in [0.4, 0.5) is 0 Å². The van der Waals surface area contributed by atoms with Crippen LogP contribution >= 0.6 is 11.8 Å². The standard InChI is InChI=1S/C57H33N3S/c58-34-35-24-29-53-45(30-35)42-16-3-8-21-52(42)60(53)39-27-25-36(26-28-39)37-12-11-13-38(31-37)56-46-32-44-40-14-1-4-17-47(40)57(50(44)33-43(46)41-15-2-7-20-51(41)59-56)48-18-5-9-22-54(48)61-55-23-10-6-19-49(55)57/h1-33H. The molecule has 0 radical (unpaired) electrons. The van der Waals surface area contributed by atoms with E-state index in [0.29, 0.717) is 5.56 Å². The van der Waals surface area contributed by atoms with Gasteiger partial charge in [0.05, 0.1) is 39.3 Å². The van der Waals surface area contributed by atoms with Gasteiger partial charge in [-0.25, -0.2) is 4.98 Å². The van der Waals surface area contributed by atoms with Crippen LogP contribution in [0.5, 0.6) is 0 Å². The maximum Gasteiger partial charge on any atom is 0.0991 e. The minimum Gasteiger partial charge on any atom is -0.309 e. The fourth-order valence-corrected chi connectivity index (χ4v) is 11.7. The fraction of sp³-hybridized carbons (Fsp3) is 0.0175. The van der Waals surface area contributed by atoms with E-state index < -0.39 is 5.41 Å². The molecule has 0 atom stereocenters. The monoisotopic (exact) mass is 791 g/mol. The molecular weight excluding hydrogens is 759 g/mol. The molecule has 2 aromatic heterocycles. The average Bonchev–Trinajstić information content (AvgIpc) is 3.80. The number of hydrogen-bond acceptors (Lipinski definition) is 3. The maximum absolute atomic E-state index is 9.64. The summed E-state index contributed by atoms with van der Waals surface area (Å²) < 4.78 is 2.29. The van der Waals surface area contributed by atoms with Crippen LogP contribution < -0.4 is 0 Å². The van der Waals surface area contributed by atoms with Crippen molar-refractivity contribution in [3.05, 3.63) is 228 Å². The Bertz CT molecular complexity index is 3660. The van der Waals surface area contributed by atoms with Crippen molar-refractivity contribution >= 4 is 55.2 Å². The molecule has 0 bridgehead atoms. The van der Waals surface area contributed by atoms with Crippen molar-refractivity contribution in [2.24, 2.45) is 0 Å². The Balaban J connectivity index is 0.994. The number of nitrogens with zero attached hydrogens (tertiary/aromatic N) is 3. The van der Waals surface area contributed by atoms with Gasteiger partial charge in [-0.15, -0.1) is 0 Å². The second kappa shape index (κ2) is 12.9. The molecule has 1 aliphatic heterocycles. The molecule has 13 rings (SSSR count). The van der Waals surface area contributed by atoms with E-state index in [-0.39, 0.29) is 0 Å². The smallest absolute Gasteiger partial charge is 0.0991 e. The van der Waals surface area contributed by atoms with Crippen molar-refractivity contribution in [1.82, 2.24) is 9.55 Å². The molecule has 3 nitrogen and oxygen atoms in total. The first-order chi connectivity index (χ1) is 30.2. The highest BCUT2D eigenvalue weighted by Crippen LogP contribution is 2.63. The SMILES string of the molecule is N#Cc1ccc2c(c1)c1ccccc1n2-c1ccc(-c2cccc(-c3nc4ccccc4c4cc5c(cc34)-c3ccccc3C53c4ccccc4Sc4ccccc43)c2)cc1. The summed E-state index contributed by atoms with van der Waals surface area (Å²) in [7, 11) is 0. The molecule has 2 aliphatic rings. The Morgan fingerprint density at radius 3 is 1.92 bits per heavy atom. The van der Waals surface area contributed by atoms with E-state index in [1.807, 2.05) is 23.9 Å². The summed E-state index contributed by atoms with van der Waals surface area (Å²) >= 11 is 1.88. The Morgan fingerprint density at radius 1 is 0.443 bits per heavy atom. The summed E-state index contributed by atoms with van der Waals surface area (Å²) in [6, 6.07) is 75.0. The topological polar surface area (TPSA) is 41.6 Å². The largest absolute Gasteiger partial charge is 0.309 e. The van der Waals surface area contributed by atoms with Crippen LogP contribution in [0.2, 0.25) is 0 Å². The number of aromatic nitrogens is 2. The summed E-state index contributed by atoms with van der Waals surface area (Å²) in [5.74, 6) is 0. The van der Waals surface area contributed by atoms with E-state index in [1.165, 1.54) is 48.6 Å². The average molecular weight is 792 g/mol. The zero-order valence-electron chi connectivity index (χ0n) is 32.8. The predicted octanol–water partition coefficient (Wildman–Crippen LogP) is 14.5. The van der Waals surface area contributed by atoms with Gasteiger partial charge in [0.25, 0.3) is 0 Å². The molecule has 0 amide bonds. The van der Waals surface area contributed by atoms with Crippen molar-refractivity contribution in [3.8, 4) is 45.3 Å². The van der Waals surface area contributed by atoms with Gasteiger partial charge in [0, 0.05) is 42.6 Å². The molecular formula is C57H33N3S. The number of rotatable bonds is 3. The van der Waals surface area contributed by atoms with Crippen molar-refractivity contribution in [2.75, 3.05) is 0 Å². The Kier molecular flexibility index (Phi) is 7.22. The fourth-order valence-electron chi connectivity index (χ4n) is 10.5. The minimum atomic E-state index is -0.450. The quantitative estimate of drug-likeness (QED) is 0.167. The number of para-hydroxylation sites is 2. The van der Waals surface area contributed by atoms with Gasteiger partial charge in [-0.05, 0) is 123 Å². The Hall–Kier alpha value is -7.71. The Labute approximate surface area is 356 Å². The van der Waals surface area contributed by atoms with E-state index in [4.69, 9.17) is 4.98 Å². The molecule has 0 saturated carbocycles. The first kappa shape index (κ1) is 34.2. The van der Waals surface area contributed by atoms with Crippen LogP contribution in [0.3, 0.4) is 0 Å². The zero-order chi connectivity index (χ0) is 40.2. The minimum absolute atomic E-state index is 0.450. The van der Waals surface area contributed by atoms with E-state index >= 15 is 0 Å². The number of benzene rings is 9. The normalized spacial score (nSPS) is 13.3. The summed E-state index contributed by atoms with van der Waals surface area (Å²) in [6.45, 7) is 0. The molecule has 61 heavy (non-hydrogen) atoms. The molecule has 0 unspecified atom stereocenters. The van der Waals surface area contributed by atoms with Crippen LogP contribution in [0.1, 0.15) is 27.8 Å². The summed E-state index contributed by atoms with van der Waals surface area (Å²) in [5, 5.41) is 15.4. The summed E-state index contributed by atoms with van der Waals surface area (Å²) in [6.07, 6.45) is 0. The van der Waals surface area contributed by atoms with Crippen molar-refractivity contribution < 1.29 is 0 Å². The number of hydrogen-bond donors (Lipinski definition) is 0. The molecule has 0 fully saturated rings. The molecule has 9 aromatic carbocycles. The second-order valence-electron chi connectivity index (χ2n) is 16.1. The lowest BCUT2D eigenvalue weighted by molar-refractivity contribution is 0.723. The molecule has 1 aliphatic carbocycles. The number of fused-ring (bicyclic) bond motifs is 15. The van der Waals surface area contributed by atoms with E-state index in [0.717, 1.165) is 66.2 Å². The lowest BCUT2D eigenvalue weighted by atomic mass is 9.67. The highest BCUT2D eigenvalue weighted by molar-refractivity contribution is 7.99. The zero-order valence-corrected chi connectivity index (χ0v) is 33.6. The van der Waals surface area contributed by atoms with Gasteiger partial charge in [-0.3, -0.25) is 0 Å². The van der Waals surface area contributed by atoms with Gasteiger partial charge in [-0.1, -0.05) is 139 Å². The van der Waals surface area contributed by atoms with Gasteiger partial charge < -0.3 is 4.57 Å². The van der Waals surface area contributed by atoms with Crippen LogP contribution in [0.25, 0.3) is 82.7 Å². The third-order valence-corrected chi connectivity index (χ3v) is 14.2. The van der Waals surface area contributed by atoms with Crippen LogP contribution in [-0.2, 0) is 5.41 Å². The molecule has 3 heterocycles. The third-order valence-electron chi connectivity index (χ3n) is 13.1. The van der Waals surface area contributed by atoms with Gasteiger partial charge in [0.15, 0.2) is 0 Å². The number of pyridine rings is 1. The molecule has 0 N–H and O–H groups in total. The second-order valence-corrected chi connectivity index (χ2v) is 17.2. The number of nitriles is 1. The first-order valence-electron chi connectivity index (χ1n) is 20.7. The lowest BCUT2D eigenvalue weighted by Crippen LogP contribution is -2.31. The van der Waals surface area contributed by atoms with Crippen LogP contribution in [0.15, 0.2) is 210 Å². The van der Waals surface area contributed by atoms with Crippen molar-refractivity contribution in [1.29, 1.82) is 5.26 Å². The lowest BCUT2D eigenvalue weighted by Gasteiger charge is -2.39. The van der Waals surface area contributed by atoms with Crippen LogP contribution in [0, 0.1) is 11.3 Å². The van der Waals surface area contributed by atoms with Gasteiger partial charge in [-0.2, -0.15) is 5.26 Å². The van der Waals surface area contributed by atoms with E-state index in [2.05, 4.69) is 199 Å². The maximum atomic E-state index is 9.64.